The van der Waals surface area contributed by atoms with E-state index in [1.807, 2.05) is 0 Å². The average Bonchev–Trinajstić information content (AvgIpc) is 4.01. The summed E-state index contributed by atoms with van der Waals surface area (Å²) < 4.78 is 0. The number of para-hydroxylation sites is 2. The summed E-state index contributed by atoms with van der Waals surface area (Å²) in [5, 5.41) is 0. The Morgan fingerprint density at radius 2 is 0.467 bits per heavy atom. The van der Waals surface area contributed by atoms with Gasteiger partial charge < -0.3 is 9.80 Å². The lowest BCUT2D eigenvalue weighted by Crippen LogP contribution is -2.26. The van der Waals surface area contributed by atoms with Gasteiger partial charge in [0.25, 0.3) is 0 Å². The number of nitrogens with zero attached hydrogens (tertiary/aromatic N) is 2. The molecule has 0 atom stereocenters. The molecular formula is C73H50N2. The smallest absolute Gasteiger partial charge is 0.0727 e. The first kappa shape index (κ1) is 44.0. The second-order valence-electron chi connectivity index (χ2n) is 19.6. The molecule has 0 saturated carbocycles. The lowest BCUT2D eigenvalue weighted by Gasteiger charge is -2.34. The Morgan fingerprint density at radius 3 is 0.853 bits per heavy atom. The SMILES string of the molecule is c1ccc(-c2ccc(N(c3ccc4c(c3)C3(c5ccccc5-c5ccccc53)c3cc(N(c5ccc(-c6ccccc6)cc5)c5ccccc5-c5ccccc5)ccc3-4)c3ccccc3-c3ccccc3)cc2)cc1. The van der Waals surface area contributed by atoms with Crippen molar-refractivity contribution in [3.05, 3.63) is 326 Å². The van der Waals surface area contributed by atoms with Gasteiger partial charge in [-0.2, -0.15) is 0 Å². The van der Waals surface area contributed by atoms with Crippen LogP contribution in [-0.4, -0.2) is 0 Å². The third kappa shape index (κ3) is 7.33. The third-order valence-corrected chi connectivity index (χ3v) is 15.5. The number of hydrogen-bond acceptors (Lipinski definition) is 2. The fourth-order valence-electron chi connectivity index (χ4n) is 12.2. The fraction of sp³-hybridized carbons (Fsp3) is 0.0137. The Bertz CT molecular complexity index is 3770. The van der Waals surface area contributed by atoms with Gasteiger partial charge in [-0.15, -0.1) is 0 Å². The molecule has 75 heavy (non-hydrogen) atoms. The van der Waals surface area contributed by atoms with Crippen molar-refractivity contribution in [2.45, 2.75) is 5.41 Å². The van der Waals surface area contributed by atoms with Crippen molar-refractivity contribution in [2.75, 3.05) is 9.80 Å². The monoisotopic (exact) mass is 954 g/mol. The zero-order chi connectivity index (χ0) is 49.7. The summed E-state index contributed by atoms with van der Waals surface area (Å²) >= 11 is 0. The lowest BCUT2D eigenvalue weighted by atomic mass is 9.70. The summed E-state index contributed by atoms with van der Waals surface area (Å²) in [6.45, 7) is 0. The van der Waals surface area contributed by atoms with Gasteiger partial charge in [0.1, 0.15) is 0 Å². The molecule has 2 nitrogen and oxygen atoms in total. The van der Waals surface area contributed by atoms with Crippen molar-refractivity contribution in [1.29, 1.82) is 0 Å². The Hall–Kier alpha value is -9.76. The zero-order valence-electron chi connectivity index (χ0n) is 41.3. The van der Waals surface area contributed by atoms with Crippen molar-refractivity contribution in [3.63, 3.8) is 0 Å². The molecule has 2 aliphatic rings. The van der Waals surface area contributed by atoms with E-state index in [-0.39, 0.29) is 0 Å². The molecule has 0 radical (unpaired) electrons. The molecular weight excluding hydrogens is 905 g/mol. The van der Waals surface area contributed by atoms with Crippen LogP contribution in [0.4, 0.5) is 34.1 Å². The van der Waals surface area contributed by atoms with Crippen LogP contribution in [0.3, 0.4) is 0 Å². The van der Waals surface area contributed by atoms with Crippen molar-refractivity contribution in [1.82, 2.24) is 0 Å². The molecule has 0 unspecified atom stereocenters. The van der Waals surface area contributed by atoms with E-state index in [9.17, 15) is 0 Å². The van der Waals surface area contributed by atoms with Crippen LogP contribution in [-0.2, 0) is 5.41 Å². The van der Waals surface area contributed by atoms with Crippen molar-refractivity contribution >= 4 is 34.1 Å². The predicted molar refractivity (Wildman–Crippen MR) is 314 cm³/mol. The maximum atomic E-state index is 2.51. The maximum absolute atomic E-state index is 2.51. The Kier molecular flexibility index (Phi) is 10.8. The highest BCUT2D eigenvalue weighted by Gasteiger charge is 2.52. The van der Waals surface area contributed by atoms with Gasteiger partial charge in [-0.1, -0.05) is 243 Å². The molecule has 0 fully saturated rings. The Labute approximate surface area is 439 Å². The van der Waals surface area contributed by atoms with E-state index in [0.717, 1.165) is 45.3 Å². The van der Waals surface area contributed by atoms with Gasteiger partial charge in [0.2, 0.25) is 0 Å². The van der Waals surface area contributed by atoms with E-state index < -0.39 is 5.41 Å². The molecule has 0 saturated heterocycles. The van der Waals surface area contributed by atoms with Crippen LogP contribution in [0, 0.1) is 0 Å². The maximum Gasteiger partial charge on any atom is 0.0727 e. The van der Waals surface area contributed by atoms with E-state index in [1.165, 1.54) is 77.9 Å². The highest BCUT2D eigenvalue weighted by molar-refractivity contribution is 5.99. The minimum atomic E-state index is -0.632. The van der Waals surface area contributed by atoms with Gasteiger partial charge in [0.15, 0.2) is 0 Å². The van der Waals surface area contributed by atoms with Gasteiger partial charge in [0.05, 0.1) is 16.8 Å². The zero-order valence-corrected chi connectivity index (χ0v) is 41.3. The number of anilines is 6. The quantitative estimate of drug-likeness (QED) is 0.135. The van der Waals surface area contributed by atoms with Crippen LogP contribution in [0.1, 0.15) is 22.3 Å². The molecule has 12 aromatic rings. The number of rotatable bonds is 10. The van der Waals surface area contributed by atoms with Crippen LogP contribution in [0.5, 0.6) is 0 Å². The fourth-order valence-corrected chi connectivity index (χ4v) is 12.2. The van der Waals surface area contributed by atoms with E-state index in [4.69, 9.17) is 0 Å². The predicted octanol–water partition coefficient (Wildman–Crippen LogP) is 19.6. The topological polar surface area (TPSA) is 6.48 Å². The van der Waals surface area contributed by atoms with E-state index >= 15 is 0 Å². The highest BCUT2D eigenvalue weighted by Crippen LogP contribution is 2.64. The van der Waals surface area contributed by atoms with Gasteiger partial charge in [-0.25, -0.2) is 0 Å². The van der Waals surface area contributed by atoms with Crippen molar-refractivity contribution < 1.29 is 0 Å². The van der Waals surface area contributed by atoms with Crippen LogP contribution < -0.4 is 9.80 Å². The van der Waals surface area contributed by atoms with Crippen LogP contribution in [0.25, 0.3) is 66.8 Å². The first-order valence-corrected chi connectivity index (χ1v) is 25.9. The van der Waals surface area contributed by atoms with E-state index in [2.05, 4.69) is 313 Å². The molecule has 2 aliphatic carbocycles. The molecule has 0 N–H and O–H groups in total. The van der Waals surface area contributed by atoms with E-state index in [1.54, 1.807) is 0 Å². The minimum Gasteiger partial charge on any atom is -0.310 e. The van der Waals surface area contributed by atoms with Crippen molar-refractivity contribution in [2.24, 2.45) is 0 Å². The molecule has 0 bridgehead atoms. The normalized spacial score (nSPS) is 12.4. The average molecular weight is 955 g/mol. The molecule has 12 aromatic carbocycles. The summed E-state index contributed by atoms with van der Waals surface area (Å²) in [5.74, 6) is 0. The highest BCUT2D eigenvalue weighted by atomic mass is 15.2. The molecule has 0 amide bonds. The second kappa shape index (κ2) is 18.4. The van der Waals surface area contributed by atoms with Gasteiger partial charge in [-0.05, 0) is 139 Å². The molecule has 0 aliphatic heterocycles. The molecule has 14 rings (SSSR count). The number of hydrogen-bond donors (Lipinski definition) is 0. The summed E-state index contributed by atoms with van der Waals surface area (Å²) in [6.07, 6.45) is 0. The number of fused-ring (bicyclic) bond motifs is 10. The summed E-state index contributed by atoms with van der Waals surface area (Å²) in [6, 6.07) is 111. The second-order valence-corrected chi connectivity index (χ2v) is 19.6. The van der Waals surface area contributed by atoms with Gasteiger partial charge in [-0.3, -0.25) is 0 Å². The van der Waals surface area contributed by atoms with E-state index in [0.29, 0.717) is 0 Å². The minimum absolute atomic E-state index is 0.632. The summed E-state index contributed by atoms with van der Waals surface area (Å²) in [5.41, 5.74) is 25.5. The van der Waals surface area contributed by atoms with Crippen molar-refractivity contribution in [3.8, 4) is 66.8 Å². The molecule has 352 valence electrons. The first-order valence-electron chi connectivity index (χ1n) is 25.9. The van der Waals surface area contributed by atoms with Crippen LogP contribution >= 0.6 is 0 Å². The largest absolute Gasteiger partial charge is 0.310 e. The van der Waals surface area contributed by atoms with Crippen LogP contribution in [0.2, 0.25) is 0 Å². The number of benzene rings is 12. The Balaban J connectivity index is 1.00. The summed E-state index contributed by atoms with van der Waals surface area (Å²) in [7, 11) is 0. The first-order chi connectivity index (χ1) is 37.2. The third-order valence-electron chi connectivity index (χ3n) is 15.5. The lowest BCUT2D eigenvalue weighted by molar-refractivity contribution is 0.793. The van der Waals surface area contributed by atoms with Gasteiger partial charge in [0, 0.05) is 33.9 Å². The summed E-state index contributed by atoms with van der Waals surface area (Å²) in [4.78, 5) is 4.93. The molecule has 0 aromatic heterocycles. The van der Waals surface area contributed by atoms with Crippen LogP contribution in [0.15, 0.2) is 303 Å². The van der Waals surface area contributed by atoms with Gasteiger partial charge >= 0.3 is 0 Å². The Morgan fingerprint density at radius 1 is 0.187 bits per heavy atom. The molecule has 0 heterocycles. The molecule has 1 spiro atoms. The molecule has 2 heteroatoms. The standard InChI is InChI=1S/C73H50N2/c1-5-21-51(22-6-1)53-37-41-57(42-38-53)74(71-35-19-15-29-61(71)55-25-9-3-10-26-55)59-45-47-65-66-48-46-60(50-70(66)73(69(65)49-59)67-33-17-13-31-63(67)64-32-14-18-34-68(64)73)75(58-43-39-54(40-44-58)52-23-7-2-8-24-52)72-36-20-16-30-62(72)56-27-11-4-12-28-56/h1-50H.